The number of amides is 1. The van der Waals surface area contributed by atoms with Gasteiger partial charge >= 0.3 is 12.1 Å². The standard InChI is InChI=1S/C25H29FN4O4S/c1-5-33-23(31)20-15-35-22(27-20)19-14-30(28-21(19)16-8-10-17(26)11-9-16)18-7-6-12-29(13-18)24(32)34-25(2,3)4/h8-11,14-15,18H,5-7,12-13H2,1-4H3. The maximum absolute atomic E-state index is 13.6. The summed E-state index contributed by atoms with van der Waals surface area (Å²) >= 11 is 1.32. The summed E-state index contributed by atoms with van der Waals surface area (Å²) in [7, 11) is 0. The Balaban J connectivity index is 1.67. The molecular weight excluding hydrogens is 471 g/mol. The number of aromatic nitrogens is 3. The van der Waals surface area contributed by atoms with Crippen LogP contribution in [0.3, 0.4) is 0 Å². The van der Waals surface area contributed by atoms with Crippen molar-refractivity contribution in [2.45, 2.75) is 52.2 Å². The Bertz CT molecular complexity index is 1200. The Morgan fingerprint density at radius 2 is 1.97 bits per heavy atom. The molecule has 0 spiro atoms. The van der Waals surface area contributed by atoms with Crippen LogP contribution >= 0.6 is 11.3 Å². The minimum Gasteiger partial charge on any atom is -0.461 e. The van der Waals surface area contributed by atoms with Crippen LogP contribution in [0.15, 0.2) is 35.8 Å². The molecule has 0 saturated carbocycles. The van der Waals surface area contributed by atoms with Gasteiger partial charge in [0.25, 0.3) is 0 Å². The maximum Gasteiger partial charge on any atom is 0.410 e. The zero-order valence-electron chi connectivity index (χ0n) is 20.3. The summed E-state index contributed by atoms with van der Waals surface area (Å²) in [4.78, 5) is 31.0. The van der Waals surface area contributed by atoms with Gasteiger partial charge in [0.1, 0.15) is 22.1 Å². The predicted octanol–water partition coefficient (Wildman–Crippen LogP) is 5.56. The normalized spacial score (nSPS) is 16.3. The molecule has 0 aliphatic carbocycles. The van der Waals surface area contributed by atoms with Crippen molar-refractivity contribution >= 4 is 23.4 Å². The lowest BCUT2D eigenvalue weighted by atomic mass is 10.1. The third-order valence-corrected chi connectivity index (χ3v) is 6.37. The third-order valence-electron chi connectivity index (χ3n) is 5.49. The molecule has 0 bridgehead atoms. The van der Waals surface area contributed by atoms with Crippen molar-refractivity contribution in [3.8, 4) is 21.8 Å². The van der Waals surface area contributed by atoms with Gasteiger partial charge < -0.3 is 14.4 Å². The number of halogens is 1. The topological polar surface area (TPSA) is 86.5 Å². The van der Waals surface area contributed by atoms with E-state index in [-0.39, 0.29) is 30.3 Å². The Kier molecular flexibility index (Phi) is 7.20. The Hall–Kier alpha value is -3.27. The van der Waals surface area contributed by atoms with Gasteiger partial charge in [0.05, 0.1) is 18.2 Å². The highest BCUT2D eigenvalue weighted by molar-refractivity contribution is 7.13. The smallest absolute Gasteiger partial charge is 0.410 e. The summed E-state index contributed by atoms with van der Waals surface area (Å²) in [5, 5.41) is 7.10. The van der Waals surface area contributed by atoms with Crippen LogP contribution in [0, 0.1) is 5.82 Å². The van der Waals surface area contributed by atoms with Gasteiger partial charge in [0, 0.05) is 30.2 Å². The van der Waals surface area contributed by atoms with Crippen molar-refractivity contribution in [3.05, 3.63) is 47.4 Å². The Labute approximate surface area is 207 Å². The van der Waals surface area contributed by atoms with Crippen LogP contribution in [0.4, 0.5) is 9.18 Å². The van der Waals surface area contributed by atoms with Crippen molar-refractivity contribution in [2.24, 2.45) is 0 Å². The summed E-state index contributed by atoms with van der Waals surface area (Å²) in [5.41, 5.74) is 1.75. The summed E-state index contributed by atoms with van der Waals surface area (Å²) in [6.45, 7) is 8.64. The van der Waals surface area contributed by atoms with E-state index >= 15 is 0 Å². The van der Waals surface area contributed by atoms with E-state index in [1.165, 1.54) is 23.5 Å². The number of hydrogen-bond acceptors (Lipinski definition) is 7. The summed E-state index contributed by atoms with van der Waals surface area (Å²) in [5.74, 6) is -0.820. The minimum atomic E-state index is -0.569. The minimum absolute atomic E-state index is 0.0614. The van der Waals surface area contributed by atoms with Crippen LogP contribution in [0.5, 0.6) is 0 Å². The van der Waals surface area contributed by atoms with Gasteiger partial charge in [-0.3, -0.25) is 4.68 Å². The number of carbonyl (C=O) groups is 2. The fourth-order valence-corrected chi connectivity index (χ4v) is 4.71. The molecule has 35 heavy (non-hydrogen) atoms. The molecule has 10 heteroatoms. The average Bonchev–Trinajstić information content (AvgIpc) is 3.46. The van der Waals surface area contributed by atoms with E-state index in [2.05, 4.69) is 4.98 Å². The number of nitrogens with zero attached hydrogens (tertiary/aromatic N) is 4. The van der Waals surface area contributed by atoms with Crippen LogP contribution in [0.25, 0.3) is 21.8 Å². The van der Waals surface area contributed by atoms with Gasteiger partial charge in [-0.15, -0.1) is 11.3 Å². The van der Waals surface area contributed by atoms with Gasteiger partial charge in [-0.05, 0) is 64.8 Å². The number of benzene rings is 1. The van der Waals surface area contributed by atoms with E-state index in [0.29, 0.717) is 23.8 Å². The van der Waals surface area contributed by atoms with Crippen molar-refractivity contribution < 1.29 is 23.5 Å². The second-order valence-electron chi connectivity index (χ2n) is 9.36. The number of esters is 1. The molecule has 1 amide bonds. The fraction of sp³-hybridized carbons (Fsp3) is 0.440. The first-order valence-corrected chi connectivity index (χ1v) is 12.5. The van der Waals surface area contributed by atoms with E-state index in [4.69, 9.17) is 14.6 Å². The number of rotatable bonds is 5. The molecule has 1 fully saturated rings. The lowest BCUT2D eigenvalue weighted by molar-refractivity contribution is 0.0167. The first kappa shape index (κ1) is 24.8. The number of hydrogen-bond donors (Lipinski definition) is 0. The number of piperidine rings is 1. The van der Waals surface area contributed by atoms with Crippen molar-refractivity contribution in [1.82, 2.24) is 19.7 Å². The largest absolute Gasteiger partial charge is 0.461 e. The van der Waals surface area contributed by atoms with Crippen molar-refractivity contribution in [1.29, 1.82) is 0 Å². The number of thiazole rings is 1. The van der Waals surface area contributed by atoms with Gasteiger partial charge in [0.2, 0.25) is 0 Å². The second-order valence-corrected chi connectivity index (χ2v) is 10.2. The zero-order valence-corrected chi connectivity index (χ0v) is 21.1. The predicted molar refractivity (Wildman–Crippen MR) is 131 cm³/mol. The summed E-state index contributed by atoms with van der Waals surface area (Å²) in [6, 6.07) is 6.04. The Morgan fingerprint density at radius 1 is 1.23 bits per heavy atom. The fourth-order valence-electron chi connectivity index (χ4n) is 3.92. The third kappa shape index (κ3) is 5.87. The zero-order chi connectivity index (χ0) is 25.2. The second kappa shape index (κ2) is 10.2. The molecular formula is C25H29FN4O4S. The molecule has 0 N–H and O–H groups in total. The van der Waals surface area contributed by atoms with Crippen LogP contribution in [-0.4, -0.2) is 57.0 Å². The molecule has 186 valence electrons. The van der Waals surface area contributed by atoms with E-state index in [9.17, 15) is 14.0 Å². The highest BCUT2D eigenvalue weighted by Crippen LogP contribution is 2.35. The van der Waals surface area contributed by atoms with Gasteiger partial charge in [-0.25, -0.2) is 19.0 Å². The van der Waals surface area contributed by atoms with Crippen LogP contribution < -0.4 is 0 Å². The monoisotopic (exact) mass is 500 g/mol. The molecule has 4 rings (SSSR count). The van der Waals surface area contributed by atoms with E-state index in [1.54, 1.807) is 29.3 Å². The first-order valence-electron chi connectivity index (χ1n) is 11.6. The number of ether oxygens (including phenoxy) is 2. The number of carbonyl (C=O) groups excluding carboxylic acids is 2. The number of likely N-dealkylation sites (tertiary alicyclic amines) is 1. The first-order chi connectivity index (χ1) is 16.6. The molecule has 2 aromatic heterocycles. The lowest BCUT2D eigenvalue weighted by Gasteiger charge is -2.34. The Morgan fingerprint density at radius 3 is 2.66 bits per heavy atom. The van der Waals surface area contributed by atoms with E-state index in [1.807, 2.05) is 31.6 Å². The highest BCUT2D eigenvalue weighted by atomic mass is 32.1. The van der Waals surface area contributed by atoms with Crippen LogP contribution in [0.2, 0.25) is 0 Å². The average molecular weight is 501 g/mol. The van der Waals surface area contributed by atoms with Gasteiger partial charge in [-0.1, -0.05) is 0 Å². The van der Waals surface area contributed by atoms with Crippen molar-refractivity contribution in [2.75, 3.05) is 19.7 Å². The molecule has 0 radical (unpaired) electrons. The molecule has 8 nitrogen and oxygen atoms in total. The van der Waals surface area contributed by atoms with Crippen molar-refractivity contribution in [3.63, 3.8) is 0 Å². The van der Waals surface area contributed by atoms with Crippen LogP contribution in [-0.2, 0) is 9.47 Å². The molecule has 1 unspecified atom stereocenters. The summed E-state index contributed by atoms with van der Waals surface area (Å²) < 4.78 is 26.1. The van der Waals surface area contributed by atoms with Crippen LogP contribution in [0.1, 0.15) is 57.1 Å². The highest BCUT2D eigenvalue weighted by Gasteiger charge is 2.30. The lowest BCUT2D eigenvalue weighted by Crippen LogP contribution is -2.43. The van der Waals surface area contributed by atoms with Gasteiger partial charge in [-0.2, -0.15) is 5.10 Å². The summed E-state index contributed by atoms with van der Waals surface area (Å²) in [6.07, 6.45) is 3.20. The molecule has 1 atom stereocenters. The quantitative estimate of drug-likeness (QED) is 0.426. The molecule has 3 heterocycles. The van der Waals surface area contributed by atoms with E-state index in [0.717, 1.165) is 24.0 Å². The molecule has 3 aromatic rings. The van der Waals surface area contributed by atoms with E-state index < -0.39 is 11.6 Å². The molecule has 1 aromatic carbocycles. The molecule has 1 saturated heterocycles. The maximum atomic E-state index is 13.6. The van der Waals surface area contributed by atoms with Gasteiger partial charge in [0.15, 0.2) is 5.69 Å². The molecule has 1 aliphatic rings. The molecule has 1 aliphatic heterocycles. The SMILES string of the molecule is CCOC(=O)c1csc(-c2cn(C3CCCN(C(=O)OC(C)(C)C)C3)nc2-c2ccc(F)cc2)n1.